The Hall–Kier alpha value is -1.32. The average molecular weight is 425 g/mol. The van der Waals surface area contributed by atoms with Gasteiger partial charge in [0, 0.05) is 12.2 Å². The molecule has 0 saturated carbocycles. The van der Waals surface area contributed by atoms with Crippen LogP contribution in [0.2, 0.25) is 0 Å². The first-order valence-corrected chi connectivity index (χ1v) is 12.7. The van der Waals surface area contributed by atoms with Gasteiger partial charge in [-0.25, -0.2) is 9.59 Å². The summed E-state index contributed by atoms with van der Waals surface area (Å²) in [7, 11) is 0. The first-order valence-electron chi connectivity index (χ1n) is 12.7. The molecule has 0 atom stereocenters. The topological polar surface area (TPSA) is 52.6 Å². The molecule has 0 rings (SSSR count). The van der Waals surface area contributed by atoms with Crippen LogP contribution in [0.5, 0.6) is 0 Å². The van der Waals surface area contributed by atoms with Gasteiger partial charge in [-0.2, -0.15) is 0 Å². The zero-order chi connectivity index (χ0) is 22.1. The van der Waals surface area contributed by atoms with Gasteiger partial charge in [0.1, 0.15) is 0 Å². The third-order valence-electron chi connectivity index (χ3n) is 5.34. The third-order valence-corrected chi connectivity index (χ3v) is 5.34. The molecule has 0 unspecified atom stereocenters. The normalized spacial score (nSPS) is 11.1. The van der Waals surface area contributed by atoms with Crippen molar-refractivity contribution in [1.29, 1.82) is 0 Å². The van der Waals surface area contributed by atoms with E-state index in [2.05, 4.69) is 13.8 Å². The highest BCUT2D eigenvalue weighted by molar-refractivity contribution is 5.91. The monoisotopic (exact) mass is 424 g/mol. The number of hydrogen-bond donors (Lipinski definition) is 0. The van der Waals surface area contributed by atoms with Crippen molar-refractivity contribution < 1.29 is 19.1 Å². The molecule has 0 heterocycles. The molecular weight excluding hydrogens is 376 g/mol. The quantitative estimate of drug-likeness (QED) is 0.101. The molecule has 0 radical (unpaired) electrons. The van der Waals surface area contributed by atoms with Crippen molar-refractivity contribution in [3.63, 3.8) is 0 Å². The molecule has 0 spiro atoms. The van der Waals surface area contributed by atoms with Crippen molar-refractivity contribution in [2.24, 2.45) is 0 Å². The maximum absolute atomic E-state index is 11.6. The van der Waals surface area contributed by atoms with Gasteiger partial charge >= 0.3 is 11.9 Å². The van der Waals surface area contributed by atoms with Gasteiger partial charge < -0.3 is 9.47 Å². The molecule has 0 aromatic heterocycles. The van der Waals surface area contributed by atoms with Crippen molar-refractivity contribution in [1.82, 2.24) is 0 Å². The van der Waals surface area contributed by atoms with Gasteiger partial charge in [-0.1, -0.05) is 117 Å². The molecule has 4 nitrogen and oxygen atoms in total. The molecule has 0 aromatic rings. The summed E-state index contributed by atoms with van der Waals surface area (Å²) in [6, 6.07) is 0. The summed E-state index contributed by atoms with van der Waals surface area (Å²) < 4.78 is 10.2. The second-order valence-corrected chi connectivity index (χ2v) is 8.33. The van der Waals surface area contributed by atoms with Crippen LogP contribution in [-0.4, -0.2) is 25.2 Å². The Morgan fingerprint density at radius 3 is 1.03 bits per heavy atom. The van der Waals surface area contributed by atoms with Crippen LogP contribution in [-0.2, 0) is 19.1 Å². The van der Waals surface area contributed by atoms with E-state index in [-0.39, 0.29) is 0 Å². The number of hydrogen-bond acceptors (Lipinski definition) is 4. The third kappa shape index (κ3) is 23.0. The highest BCUT2D eigenvalue weighted by Gasteiger charge is 2.01. The predicted molar refractivity (Wildman–Crippen MR) is 126 cm³/mol. The van der Waals surface area contributed by atoms with Gasteiger partial charge in [0.2, 0.25) is 0 Å². The molecule has 0 amide bonds. The van der Waals surface area contributed by atoms with Gasteiger partial charge in [0.05, 0.1) is 13.2 Å². The lowest BCUT2D eigenvalue weighted by molar-refractivity contribution is -0.140. The van der Waals surface area contributed by atoms with Crippen LogP contribution in [0.4, 0.5) is 0 Å². The van der Waals surface area contributed by atoms with Crippen molar-refractivity contribution in [3.8, 4) is 0 Å². The van der Waals surface area contributed by atoms with Crippen molar-refractivity contribution in [2.45, 2.75) is 129 Å². The Bertz CT molecular complexity index is 379. The molecule has 176 valence electrons. The molecule has 0 saturated heterocycles. The summed E-state index contributed by atoms with van der Waals surface area (Å²) >= 11 is 0. The zero-order valence-corrected chi connectivity index (χ0v) is 19.9. The fourth-order valence-electron chi connectivity index (χ4n) is 3.40. The molecule has 0 aliphatic carbocycles. The number of unbranched alkanes of at least 4 members (excludes halogenated alkanes) is 16. The van der Waals surface area contributed by atoms with Crippen LogP contribution in [0, 0.1) is 0 Å². The average Bonchev–Trinajstić information content (AvgIpc) is 2.75. The maximum atomic E-state index is 11.6. The lowest BCUT2D eigenvalue weighted by atomic mass is 10.1. The number of carbonyl (C=O) groups excluding carboxylic acids is 2. The van der Waals surface area contributed by atoms with E-state index >= 15 is 0 Å². The second-order valence-electron chi connectivity index (χ2n) is 8.33. The largest absolute Gasteiger partial charge is 0.463 e. The lowest BCUT2D eigenvalue weighted by Crippen LogP contribution is -2.06. The fraction of sp³-hybridized carbons (Fsp3) is 0.846. The van der Waals surface area contributed by atoms with Gasteiger partial charge in [-0.05, 0) is 12.8 Å². The van der Waals surface area contributed by atoms with Crippen molar-refractivity contribution >= 4 is 11.9 Å². The molecule has 4 heteroatoms. The Labute approximate surface area is 186 Å². The standard InChI is InChI=1S/C26H48O4/c1-3-5-7-9-11-13-15-17-19-23-29-25(27)21-22-26(28)30-24-20-18-16-14-12-10-8-6-4-2/h21-22H,3-20,23-24H2,1-2H3. The molecule has 0 aromatic carbocycles. The van der Waals surface area contributed by atoms with E-state index in [1.165, 1.54) is 102 Å². The second kappa shape index (κ2) is 24.0. The highest BCUT2D eigenvalue weighted by Crippen LogP contribution is 2.10. The minimum atomic E-state index is -0.463. The number of ether oxygens (including phenoxy) is 2. The van der Waals surface area contributed by atoms with Gasteiger partial charge in [-0.15, -0.1) is 0 Å². The predicted octanol–water partition coefficient (Wildman–Crippen LogP) is 7.69. The minimum Gasteiger partial charge on any atom is -0.463 e. The van der Waals surface area contributed by atoms with Crippen LogP contribution < -0.4 is 0 Å². The smallest absolute Gasteiger partial charge is 0.331 e. The van der Waals surface area contributed by atoms with Crippen LogP contribution in [0.1, 0.15) is 129 Å². The van der Waals surface area contributed by atoms with E-state index in [1.54, 1.807) is 0 Å². The van der Waals surface area contributed by atoms with Gasteiger partial charge in [-0.3, -0.25) is 0 Å². The SMILES string of the molecule is CCCCCCCCCCCOC(=O)C=CC(=O)OCCCCCCCCCCC. The maximum Gasteiger partial charge on any atom is 0.331 e. The molecule has 0 N–H and O–H groups in total. The zero-order valence-electron chi connectivity index (χ0n) is 19.9. The minimum absolute atomic E-state index is 0.423. The van der Waals surface area contributed by atoms with E-state index in [0.29, 0.717) is 13.2 Å². The molecule has 30 heavy (non-hydrogen) atoms. The lowest BCUT2D eigenvalue weighted by Gasteiger charge is -2.04. The van der Waals surface area contributed by atoms with Crippen molar-refractivity contribution in [3.05, 3.63) is 12.2 Å². The Kier molecular flexibility index (Phi) is 22.9. The highest BCUT2D eigenvalue weighted by atomic mass is 16.5. The Morgan fingerprint density at radius 1 is 0.467 bits per heavy atom. The van der Waals surface area contributed by atoms with Crippen molar-refractivity contribution in [2.75, 3.05) is 13.2 Å². The van der Waals surface area contributed by atoms with Gasteiger partial charge in [0.25, 0.3) is 0 Å². The molecule has 0 aliphatic rings. The van der Waals surface area contributed by atoms with E-state index in [4.69, 9.17) is 9.47 Å². The number of carbonyl (C=O) groups is 2. The van der Waals surface area contributed by atoms with Gasteiger partial charge in [0.15, 0.2) is 0 Å². The fourth-order valence-corrected chi connectivity index (χ4v) is 3.40. The molecular formula is C26H48O4. The van der Waals surface area contributed by atoms with Crippen LogP contribution in [0.15, 0.2) is 12.2 Å². The summed E-state index contributed by atoms with van der Waals surface area (Å²) in [5.41, 5.74) is 0. The number of rotatable bonds is 22. The summed E-state index contributed by atoms with van der Waals surface area (Å²) in [5, 5.41) is 0. The van der Waals surface area contributed by atoms with Crippen LogP contribution in [0.25, 0.3) is 0 Å². The van der Waals surface area contributed by atoms with E-state index in [1.807, 2.05) is 0 Å². The summed E-state index contributed by atoms with van der Waals surface area (Å²) in [4.78, 5) is 23.2. The van der Waals surface area contributed by atoms with E-state index < -0.39 is 11.9 Å². The van der Waals surface area contributed by atoms with Crippen LogP contribution >= 0.6 is 0 Å². The molecule has 0 fully saturated rings. The first kappa shape index (κ1) is 28.7. The molecule has 0 aliphatic heterocycles. The summed E-state index contributed by atoms with van der Waals surface area (Å²) in [5.74, 6) is -0.927. The molecule has 0 bridgehead atoms. The Balaban J connectivity index is 3.41. The number of esters is 2. The van der Waals surface area contributed by atoms with E-state index in [9.17, 15) is 9.59 Å². The first-order chi connectivity index (χ1) is 14.7. The Morgan fingerprint density at radius 2 is 0.733 bits per heavy atom. The summed E-state index contributed by atoms with van der Waals surface area (Å²) in [6.45, 7) is 5.31. The summed E-state index contributed by atoms with van der Waals surface area (Å²) in [6.07, 6.45) is 24.5. The van der Waals surface area contributed by atoms with Crippen LogP contribution in [0.3, 0.4) is 0 Å². The van der Waals surface area contributed by atoms with E-state index in [0.717, 1.165) is 25.7 Å².